The van der Waals surface area contributed by atoms with Crippen LogP contribution in [-0.2, 0) is 0 Å². The number of nitrogens with two attached hydrogens (primary N) is 1. The van der Waals surface area contributed by atoms with E-state index in [0.717, 1.165) is 18.5 Å². The molecule has 0 radical (unpaired) electrons. The van der Waals surface area contributed by atoms with Crippen LogP contribution < -0.4 is 15.8 Å². The second-order valence-corrected chi connectivity index (χ2v) is 4.56. The van der Waals surface area contributed by atoms with E-state index in [-0.39, 0.29) is 6.10 Å². The number of aliphatic hydroxyl groups is 1. The molecule has 1 amide bonds. The minimum absolute atomic E-state index is 0.204. The van der Waals surface area contributed by atoms with Crippen molar-refractivity contribution >= 4 is 5.91 Å². The average Bonchev–Trinajstić information content (AvgIpc) is 2.34. The van der Waals surface area contributed by atoms with E-state index in [0.29, 0.717) is 17.9 Å². The highest BCUT2D eigenvalue weighted by Gasteiger charge is 2.24. The highest BCUT2D eigenvalue weighted by Crippen LogP contribution is 2.22. The predicted octanol–water partition coefficient (Wildman–Crippen LogP) is 0.196. The van der Waals surface area contributed by atoms with Gasteiger partial charge in [0.1, 0.15) is 18.0 Å². The number of aryl methyl sites for hydroxylation is 1. The second kappa shape index (κ2) is 5.37. The summed E-state index contributed by atoms with van der Waals surface area (Å²) in [5, 5.41) is 12.9. The smallest absolute Gasteiger partial charge is 0.248 e. The molecule has 5 heteroatoms. The molecule has 4 N–H and O–H groups in total. The molecule has 0 bridgehead atoms. The van der Waals surface area contributed by atoms with Crippen molar-refractivity contribution in [2.45, 2.75) is 25.6 Å². The summed E-state index contributed by atoms with van der Waals surface area (Å²) in [6.45, 7) is 3.23. The number of primary amides is 1. The number of aliphatic hydroxyl groups excluding tert-OH is 1. The van der Waals surface area contributed by atoms with Crippen molar-refractivity contribution in [2.24, 2.45) is 5.73 Å². The molecule has 98 valence electrons. The molecule has 1 aliphatic heterocycles. The zero-order chi connectivity index (χ0) is 13.1. The monoisotopic (exact) mass is 250 g/mol. The summed E-state index contributed by atoms with van der Waals surface area (Å²) >= 11 is 0. The summed E-state index contributed by atoms with van der Waals surface area (Å²) < 4.78 is 5.79. The average molecular weight is 250 g/mol. The molecule has 5 nitrogen and oxygen atoms in total. The molecule has 0 unspecified atom stereocenters. The van der Waals surface area contributed by atoms with E-state index in [9.17, 15) is 9.90 Å². The summed E-state index contributed by atoms with van der Waals surface area (Å²) in [7, 11) is 0. The van der Waals surface area contributed by atoms with Crippen LogP contribution in [0.15, 0.2) is 18.2 Å². The Kier molecular flexibility index (Phi) is 3.84. The van der Waals surface area contributed by atoms with Gasteiger partial charge in [0, 0.05) is 12.1 Å². The number of carbonyl (C=O) groups is 1. The number of carbonyl (C=O) groups excluding carboxylic acids is 1. The Hall–Kier alpha value is -1.59. The highest BCUT2D eigenvalue weighted by atomic mass is 16.5. The maximum absolute atomic E-state index is 11.0. The van der Waals surface area contributed by atoms with Crippen molar-refractivity contribution in [1.82, 2.24) is 5.32 Å². The van der Waals surface area contributed by atoms with Crippen LogP contribution in [0.5, 0.6) is 5.75 Å². The summed E-state index contributed by atoms with van der Waals surface area (Å²) in [5.41, 5.74) is 6.52. The largest absolute Gasteiger partial charge is 0.487 e. The molecule has 1 heterocycles. The number of benzene rings is 1. The van der Waals surface area contributed by atoms with Crippen LogP contribution >= 0.6 is 0 Å². The molecule has 0 spiro atoms. The van der Waals surface area contributed by atoms with Crippen LogP contribution in [0.2, 0.25) is 0 Å². The molecule has 0 aliphatic carbocycles. The Morgan fingerprint density at radius 3 is 2.94 bits per heavy atom. The molecule has 0 aromatic heterocycles. The van der Waals surface area contributed by atoms with Gasteiger partial charge in [0.05, 0.1) is 0 Å². The number of β-amino-alcohol motifs (C(OH)–C–C–N with tert-alkyl or cyclic N) is 1. The number of rotatable bonds is 3. The number of hydrogen-bond acceptors (Lipinski definition) is 4. The molecule has 18 heavy (non-hydrogen) atoms. The van der Waals surface area contributed by atoms with Crippen LogP contribution in [0.4, 0.5) is 0 Å². The Balaban J connectivity index is 2.11. The summed E-state index contributed by atoms with van der Waals surface area (Å²) in [6.07, 6.45) is 0.0522. The van der Waals surface area contributed by atoms with Gasteiger partial charge < -0.3 is 20.9 Å². The lowest BCUT2D eigenvalue weighted by molar-refractivity contribution is 0.0159. The fraction of sp³-hybridized carbons (Fsp3) is 0.462. The van der Waals surface area contributed by atoms with E-state index in [2.05, 4.69) is 5.32 Å². The summed E-state index contributed by atoms with van der Waals surface area (Å²) in [4.78, 5) is 11.0. The lowest BCUT2D eigenvalue weighted by atomic mass is 10.1. The fourth-order valence-corrected chi connectivity index (χ4v) is 2.05. The molecule has 1 aromatic carbocycles. The molecule has 2 atom stereocenters. The minimum Gasteiger partial charge on any atom is -0.487 e. The standard InChI is InChI=1S/C13H18N2O3/c1-8-6-9(13(14)17)2-3-11(8)18-12-4-5-15-7-10(12)16/h2-3,6,10,12,15-16H,4-5,7H2,1H3,(H2,14,17)/t10-,12-/m0/s1. The van der Waals surface area contributed by atoms with Gasteiger partial charge in [-0.05, 0) is 43.7 Å². The molecule has 1 aliphatic rings. The van der Waals surface area contributed by atoms with Gasteiger partial charge in [-0.2, -0.15) is 0 Å². The van der Waals surface area contributed by atoms with Crippen molar-refractivity contribution in [2.75, 3.05) is 13.1 Å². The summed E-state index contributed by atoms with van der Waals surface area (Å²) in [5.74, 6) is 0.234. The van der Waals surface area contributed by atoms with Gasteiger partial charge in [0.2, 0.25) is 5.91 Å². The van der Waals surface area contributed by atoms with Gasteiger partial charge in [-0.15, -0.1) is 0 Å². The molecule has 1 saturated heterocycles. The molecule has 1 fully saturated rings. The van der Waals surface area contributed by atoms with Gasteiger partial charge in [-0.1, -0.05) is 0 Å². The number of nitrogens with one attached hydrogen (secondary N) is 1. The third-order valence-electron chi connectivity index (χ3n) is 3.13. The number of ether oxygens (including phenoxy) is 1. The van der Waals surface area contributed by atoms with Crippen molar-refractivity contribution in [1.29, 1.82) is 0 Å². The Bertz CT molecular complexity index is 448. The lowest BCUT2D eigenvalue weighted by Gasteiger charge is -2.29. The van der Waals surface area contributed by atoms with Crippen LogP contribution in [0.1, 0.15) is 22.3 Å². The topological polar surface area (TPSA) is 84.6 Å². The van der Waals surface area contributed by atoms with Gasteiger partial charge in [-0.3, -0.25) is 4.79 Å². The van der Waals surface area contributed by atoms with Crippen LogP contribution in [-0.4, -0.2) is 36.3 Å². The Labute approximate surface area is 106 Å². The van der Waals surface area contributed by atoms with E-state index in [4.69, 9.17) is 10.5 Å². The maximum Gasteiger partial charge on any atom is 0.248 e. The lowest BCUT2D eigenvalue weighted by Crippen LogP contribution is -2.46. The fourth-order valence-electron chi connectivity index (χ4n) is 2.05. The molecular weight excluding hydrogens is 232 g/mol. The van der Waals surface area contributed by atoms with E-state index >= 15 is 0 Å². The Morgan fingerprint density at radius 1 is 1.56 bits per heavy atom. The number of piperidine rings is 1. The number of hydrogen-bond donors (Lipinski definition) is 3. The Morgan fingerprint density at radius 2 is 2.33 bits per heavy atom. The van der Waals surface area contributed by atoms with Crippen LogP contribution in [0, 0.1) is 6.92 Å². The van der Waals surface area contributed by atoms with Gasteiger partial charge in [0.15, 0.2) is 0 Å². The van der Waals surface area contributed by atoms with E-state index in [1.54, 1.807) is 18.2 Å². The minimum atomic E-state index is -0.506. The van der Waals surface area contributed by atoms with Gasteiger partial charge in [0.25, 0.3) is 0 Å². The molecular formula is C13H18N2O3. The second-order valence-electron chi connectivity index (χ2n) is 4.56. The van der Waals surface area contributed by atoms with E-state index < -0.39 is 12.0 Å². The van der Waals surface area contributed by atoms with E-state index in [1.807, 2.05) is 6.92 Å². The van der Waals surface area contributed by atoms with Crippen LogP contribution in [0.3, 0.4) is 0 Å². The van der Waals surface area contributed by atoms with Crippen LogP contribution in [0.25, 0.3) is 0 Å². The van der Waals surface area contributed by atoms with Gasteiger partial charge in [-0.25, -0.2) is 0 Å². The van der Waals surface area contributed by atoms with E-state index in [1.165, 1.54) is 0 Å². The highest BCUT2D eigenvalue weighted by molar-refractivity contribution is 5.93. The van der Waals surface area contributed by atoms with Crippen molar-refractivity contribution in [3.05, 3.63) is 29.3 Å². The normalized spacial score (nSPS) is 23.7. The molecule has 2 rings (SSSR count). The summed E-state index contributed by atoms with van der Waals surface area (Å²) in [6, 6.07) is 5.06. The third kappa shape index (κ3) is 2.80. The molecule has 0 saturated carbocycles. The van der Waals surface area contributed by atoms with Gasteiger partial charge >= 0.3 is 0 Å². The quantitative estimate of drug-likeness (QED) is 0.715. The first-order chi connectivity index (χ1) is 8.58. The SMILES string of the molecule is Cc1cc(C(N)=O)ccc1O[C@H]1CCNC[C@@H]1O. The first kappa shape index (κ1) is 12.9. The zero-order valence-corrected chi connectivity index (χ0v) is 10.3. The first-order valence-corrected chi connectivity index (χ1v) is 6.04. The predicted molar refractivity (Wildman–Crippen MR) is 67.6 cm³/mol. The zero-order valence-electron chi connectivity index (χ0n) is 10.3. The first-order valence-electron chi connectivity index (χ1n) is 6.04. The maximum atomic E-state index is 11.0. The van der Waals surface area contributed by atoms with Crippen molar-refractivity contribution in [3.8, 4) is 5.75 Å². The number of amides is 1. The van der Waals surface area contributed by atoms with Crippen molar-refractivity contribution < 1.29 is 14.6 Å². The third-order valence-corrected chi connectivity index (χ3v) is 3.13. The molecule has 1 aromatic rings. The van der Waals surface area contributed by atoms with Crippen molar-refractivity contribution in [3.63, 3.8) is 0 Å².